The molecule has 0 aromatic heterocycles. The van der Waals surface area contributed by atoms with Gasteiger partial charge in [0, 0.05) is 13.1 Å². The Morgan fingerprint density at radius 3 is 1.96 bits per heavy atom. The van der Waals surface area contributed by atoms with Crippen LogP contribution in [0, 0.1) is 0 Å². The SMILES string of the molecule is CCCN(CCCC(NC(=O)c1ccccc1Oc1ccccc1)c1ccccc1)C(=O)C1c2ccccc2-c2ccccc21. The highest BCUT2D eigenvalue weighted by Crippen LogP contribution is 2.45. The van der Waals surface area contributed by atoms with E-state index < -0.39 is 0 Å². The number of ether oxygens (including phenoxy) is 1. The van der Waals surface area contributed by atoms with Crippen molar-refractivity contribution < 1.29 is 14.3 Å². The maximum atomic E-state index is 14.2. The van der Waals surface area contributed by atoms with E-state index >= 15 is 0 Å². The van der Waals surface area contributed by atoms with Crippen LogP contribution >= 0.6 is 0 Å². The number of nitrogens with one attached hydrogen (secondary N) is 1. The number of amides is 2. The molecule has 0 aliphatic heterocycles. The van der Waals surface area contributed by atoms with Crippen LogP contribution in [0.5, 0.6) is 11.5 Å². The fourth-order valence-electron chi connectivity index (χ4n) is 6.29. The lowest BCUT2D eigenvalue weighted by atomic mass is 9.95. The predicted octanol–water partition coefficient (Wildman–Crippen LogP) is 8.78. The first-order valence-corrected chi connectivity index (χ1v) is 15.8. The van der Waals surface area contributed by atoms with Crippen LogP contribution in [0.1, 0.15) is 65.2 Å². The van der Waals surface area contributed by atoms with Crippen LogP contribution in [-0.2, 0) is 4.79 Å². The molecule has 0 radical (unpaired) electrons. The fraction of sp³-hybridized carbons (Fsp3) is 0.200. The van der Waals surface area contributed by atoms with Gasteiger partial charge in [-0.1, -0.05) is 116 Å². The molecule has 5 heteroatoms. The van der Waals surface area contributed by atoms with Crippen LogP contribution in [0.3, 0.4) is 0 Å². The molecule has 0 fully saturated rings. The van der Waals surface area contributed by atoms with Crippen LogP contribution < -0.4 is 10.1 Å². The van der Waals surface area contributed by atoms with Gasteiger partial charge in [0.25, 0.3) is 5.91 Å². The van der Waals surface area contributed by atoms with Crippen molar-refractivity contribution in [2.45, 2.75) is 38.1 Å². The normalized spacial score (nSPS) is 12.6. The number of hydrogen-bond donors (Lipinski definition) is 1. The first kappa shape index (κ1) is 29.9. The topological polar surface area (TPSA) is 58.6 Å². The number of para-hydroxylation sites is 2. The van der Waals surface area contributed by atoms with Gasteiger partial charge in [0.05, 0.1) is 17.5 Å². The van der Waals surface area contributed by atoms with E-state index in [1.165, 1.54) is 0 Å². The third-order valence-corrected chi connectivity index (χ3v) is 8.42. The van der Waals surface area contributed by atoms with Gasteiger partial charge in [0.2, 0.25) is 5.91 Å². The van der Waals surface area contributed by atoms with Crippen LogP contribution in [0.4, 0.5) is 0 Å². The second-order valence-corrected chi connectivity index (χ2v) is 11.4. The molecule has 5 aromatic carbocycles. The summed E-state index contributed by atoms with van der Waals surface area (Å²) in [6.07, 6.45) is 2.30. The molecule has 226 valence electrons. The number of nitrogens with zero attached hydrogens (tertiary/aromatic N) is 1. The summed E-state index contributed by atoms with van der Waals surface area (Å²) in [4.78, 5) is 29.9. The van der Waals surface area contributed by atoms with Gasteiger partial charge in [-0.2, -0.15) is 0 Å². The van der Waals surface area contributed by atoms with Crippen molar-refractivity contribution in [1.29, 1.82) is 0 Å². The Bertz CT molecular complexity index is 1710. The van der Waals surface area contributed by atoms with Crippen LogP contribution in [0.25, 0.3) is 11.1 Å². The molecule has 0 bridgehead atoms. The van der Waals surface area contributed by atoms with Gasteiger partial charge < -0.3 is 15.0 Å². The summed E-state index contributed by atoms with van der Waals surface area (Å²) >= 11 is 0. The summed E-state index contributed by atoms with van der Waals surface area (Å²) in [6.45, 7) is 3.41. The Morgan fingerprint density at radius 2 is 1.29 bits per heavy atom. The van der Waals surface area contributed by atoms with E-state index in [9.17, 15) is 9.59 Å². The number of hydrogen-bond acceptors (Lipinski definition) is 3. The smallest absolute Gasteiger partial charge is 0.255 e. The standard InChI is InChI=1S/C40H38N2O3/c1-2-27-42(40(44)38-33-22-11-9-20-31(33)32-21-10-12-23-34(32)38)28-15-25-36(29-16-5-3-6-17-29)41-39(43)35-24-13-14-26-37(35)45-30-18-7-4-8-19-30/h3-14,16-24,26,36,38H,2,15,25,27-28H2,1H3,(H,41,43). The highest BCUT2D eigenvalue weighted by molar-refractivity contribution is 5.97. The van der Waals surface area contributed by atoms with Gasteiger partial charge in [-0.05, 0) is 71.3 Å². The van der Waals surface area contributed by atoms with Gasteiger partial charge >= 0.3 is 0 Å². The highest BCUT2D eigenvalue weighted by atomic mass is 16.5. The number of carbonyl (C=O) groups excluding carboxylic acids is 2. The third kappa shape index (κ3) is 6.68. The second kappa shape index (κ2) is 14.1. The fourth-order valence-corrected chi connectivity index (χ4v) is 6.29. The molecule has 1 unspecified atom stereocenters. The lowest BCUT2D eigenvalue weighted by Gasteiger charge is -2.27. The average molecular weight is 595 g/mol. The Labute approximate surface area is 265 Å². The lowest BCUT2D eigenvalue weighted by molar-refractivity contribution is -0.132. The van der Waals surface area contributed by atoms with Crippen molar-refractivity contribution in [3.63, 3.8) is 0 Å². The Morgan fingerprint density at radius 1 is 0.711 bits per heavy atom. The van der Waals surface area contributed by atoms with E-state index in [1.807, 2.05) is 108 Å². The quantitative estimate of drug-likeness (QED) is 0.157. The molecule has 1 N–H and O–H groups in total. The Hall–Kier alpha value is -5.16. The van der Waals surface area contributed by atoms with Gasteiger partial charge in [-0.3, -0.25) is 9.59 Å². The summed E-state index contributed by atoms with van der Waals surface area (Å²) in [5.74, 6) is 0.822. The summed E-state index contributed by atoms with van der Waals surface area (Å²) in [7, 11) is 0. The van der Waals surface area contributed by atoms with E-state index in [0.29, 0.717) is 36.6 Å². The molecule has 0 saturated carbocycles. The monoisotopic (exact) mass is 594 g/mol. The summed E-state index contributed by atoms with van der Waals surface area (Å²) in [6, 6.07) is 43.1. The van der Waals surface area contributed by atoms with Gasteiger partial charge in [0.1, 0.15) is 11.5 Å². The van der Waals surface area contributed by atoms with Crippen molar-refractivity contribution >= 4 is 11.8 Å². The zero-order valence-electron chi connectivity index (χ0n) is 25.6. The second-order valence-electron chi connectivity index (χ2n) is 11.4. The first-order valence-electron chi connectivity index (χ1n) is 15.8. The maximum absolute atomic E-state index is 14.2. The summed E-state index contributed by atoms with van der Waals surface area (Å²) < 4.78 is 6.08. The molecule has 0 heterocycles. The molecule has 1 aliphatic carbocycles. The van der Waals surface area contributed by atoms with E-state index in [1.54, 1.807) is 6.07 Å². The van der Waals surface area contributed by atoms with Crippen LogP contribution in [0.15, 0.2) is 133 Å². The highest BCUT2D eigenvalue weighted by Gasteiger charge is 2.35. The van der Waals surface area contributed by atoms with Crippen molar-refractivity contribution in [1.82, 2.24) is 10.2 Å². The zero-order chi connectivity index (χ0) is 31.0. The van der Waals surface area contributed by atoms with Crippen molar-refractivity contribution in [2.24, 2.45) is 0 Å². The first-order chi connectivity index (χ1) is 22.1. The number of benzene rings is 5. The van der Waals surface area contributed by atoms with Crippen molar-refractivity contribution in [3.8, 4) is 22.6 Å². The van der Waals surface area contributed by atoms with Crippen LogP contribution in [0.2, 0.25) is 0 Å². The van der Waals surface area contributed by atoms with E-state index in [2.05, 4.69) is 36.5 Å². The van der Waals surface area contributed by atoms with Crippen molar-refractivity contribution in [3.05, 3.63) is 156 Å². The van der Waals surface area contributed by atoms with Gasteiger partial charge in [0.15, 0.2) is 0 Å². The third-order valence-electron chi connectivity index (χ3n) is 8.42. The number of fused-ring (bicyclic) bond motifs is 3. The minimum absolute atomic E-state index is 0.140. The number of rotatable bonds is 12. The van der Waals surface area contributed by atoms with Gasteiger partial charge in [-0.25, -0.2) is 0 Å². The molecule has 0 saturated heterocycles. The van der Waals surface area contributed by atoms with E-state index in [4.69, 9.17) is 4.74 Å². The van der Waals surface area contributed by atoms with Crippen molar-refractivity contribution in [2.75, 3.05) is 13.1 Å². The summed E-state index contributed by atoms with van der Waals surface area (Å²) in [5.41, 5.74) is 5.95. The lowest BCUT2D eigenvalue weighted by Crippen LogP contribution is -2.37. The molecule has 1 atom stereocenters. The minimum Gasteiger partial charge on any atom is -0.457 e. The Balaban J connectivity index is 1.18. The predicted molar refractivity (Wildman–Crippen MR) is 179 cm³/mol. The molecule has 1 aliphatic rings. The average Bonchev–Trinajstić information content (AvgIpc) is 3.42. The van der Waals surface area contributed by atoms with E-state index in [-0.39, 0.29) is 23.8 Å². The molecule has 45 heavy (non-hydrogen) atoms. The molecular weight excluding hydrogens is 556 g/mol. The molecule has 2 amide bonds. The van der Waals surface area contributed by atoms with Crippen LogP contribution in [-0.4, -0.2) is 29.8 Å². The summed E-state index contributed by atoms with van der Waals surface area (Å²) in [5, 5.41) is 3.27. The van der Waals surface area contributed by atoms with Gasteiger partial charge in [-0.15, -0.1) is 0 Å². The van der Waals surface area contributed by atoms with E-state index in [0.717, 1.165) is 40.7 Å². The molecule has 5 aromatic rings. The molecular formula is C40H38N2O3. The Kier molecular flexibility index (Phi) is 9.35. The maximum Gasteiger partial charge on any atom is 0.255 e. The number of carbonyl (C=O) groups is 2. The molecule has 5 nitrogen and oxygen atoms in total. The molecule has 6 rings (SSSR count). The molecule has 0 spiro atoms. The zero-order valence-corrected chi connectivity index (χ0v) is 25.6. The minimum atomic E-state index is -0.297. The largest absolute Gasteiger partial charge is 0.457 e.